The summed E-state index contributed by atoms with van der Waals surface area (Å²) in [5.41, 5.74) is 0.287. The molecule has 1 aliphatic carbocycles. The van der Waals surface area contributed by atoms with Gasteiger partial charge in [0, 0.05) is 11.6 Å². The number of halogens is 1. The van der Waals surface area contributed by atoms with Crippen LogP contribution in [0.5, 0.6) is 5.75 Å². The summed E-state index contributed by atoms with van der Waals surface area (Å²) in [7, 11) is 0. The van der Waals surface area contributed by atoms with Gasteiger partial charge in [0.2, 0.25) is 0 Å². The highest BCUT2D eigenvalue weighted by Gasteiger charge is 2.16. The zero-order valence-corrected chi connectivity index (χ0v) is 11.0. The van der Waals surface area contributed by atoms with E-state index in [1.165, 1.54) is 38.2 Å². The normalized spacial score (nSPS) is 16.5. The maximum absolute atomic E-state index is 11.9. The average molecular weight is 268 g/mol. The third-order valence-corrected chi connectivity index (χ3v) is 3.72. The summed E-state index contributed by atoms with van der Waals surface area (Å²) in [4.78, 5) is 11.9. The maximum atomic E-state index is 11.9. The molecule has 2 N–H and O–H groups in total. The molecule has 1 fully saturated rings. The Bertz CT molecular complexity index is 428. The second-order valence-corrected chi connectivity index (χ2v) is 5.31. The van der Waals surface area contributed by atoms with Gasteiger partial charge < -0.3 is 10.4 Å². The lowest BCUT2D eigenvalue weighted by Crippen LogP contribution is -2.30. The zero-order chi connectivity index (χ0) is 13.0. The Labute approximate surface area is 112 Å². The number of nitrogens with one attached hydrogen (secondary N) is 1. The maximum Gasteiger partial charge on any atom is 0.255 e. The Morgan fingerprint density at radius 2 is 2.06 bits per heavy atom. The van der Waals surface area contributed by atoms with E-state index in [1.807, 2.05) is 0 Å². The molecule has 0 aliphatic heterocycles. The lowest BCUT2D eigenvalue weighted by atomic mass is 9.89. The van der Waals surface area contributed by atoms with Gasteiger partial charge in [-0.3, -0.25) is 4.79 Å². The van der Waals surface area contributed by atoms with Crippen molar-refractivity contribution in [2.45, 2.75) is 32.1 Å². The molecule has 0 saturated heterocycles. The van der Waals surface area contributed by atoms with Crippen molar-refractivity contribution in [3.8, 4) is 5.75 Å². The number of carbonyl (C=O) groups is 1. The molecule has 3 nitrogen and oxygen atoms in total. The smallest absolute Gasteiger partial charge is 0.255 e. The van der Waals surface area contributed by atoms with Crippen LogP contribution < -0.4 is 5.32 Å². The quantitative estimate of drug-likeness (QED) is 0.882. The Morgan fingerprint density at radius 3 is 2.72 bits per heavy atom. The molecule has 0 bridgehead atoms. The summed E-state index contributed by atoms with van der Waals surface area (Å²) in [6.45, 7) is 0.695. The molecule has 0 unspecified atom stereocenters. The van der Waals surface area contributed by atoms with Crippen LogP contribution in [0.4, 0.5) is 0 Å². The molecule has 0 heterocycles. The number of amides is 1. The van der Waals surface area contributed by atoms with Crippen LogP contribution in [-0.4, -0.2) is 17.6 Å². The first-order chi connectivity index (χ1) is 8.66. The van der Waals surface area contributed by atoms with E-state index < -0.39 is 0 Å². The fourth-order valence-electron chi connectivity index (χ4n) is 2.42. The molecular formula is C14H18ClNO2. The SMILES string of the molecule is O=C(NCC1CCCCC1)c1ccc(Cl)cc1O. The van der Waals surface area contributed by atoms with Crippen LogP contribution in [0.25, 0.3) is 0 Å². The van der Waals surface area contributed by atoms with Crippen LogP contribution in [0, 0.1) is 5.92 Å². The average Bonchev–Trinajstić information content (AvgIpc) is 2.37. The first kappa shape index (κ1) is 13.2. The van der Waals surface area contributed by atoms with Crippen molar-refractivity contribution in [3.63, 3.8) is 0 Å². The second-order valence-electron chi connectivity index (χ2n) is 4.88. The van der Waals surface area contributed by atoms with E-state index in [9.17, 15) is 9.90 Å². The number of carbonyl (C=O) groups excluding carboxylic acids is 1. The molecule has 0 spiro atoms. The summed E-state index contributed by atoms with van der Waals surface area (Å²) in [6.07, 6.45) is 6.20. The van der Waals surface area contributed by atoms with Gasteiger partial charge in [-0.05, 0) is 37.0 Å². The molecule has 4 heteroatoms. The molecule has 1 aromatic carbocycles. The summed E-state index contributed by atoms with van der Waals surface area (Å²) >= 11 is 5.73. The largest absolute Gasteiger partial charge is 0.507 e. The fourth-order valence-corrected chi connectivity index (χ4v) is 2.59. The van der Waals surface area contributed by atoms with Gasteiger partial charge in [0.1, 0.15) is 5.75 Å². The molecule has 0 radical (unpaired) electrons. The van der Waals surface area contributed by atoms with Gasteiger partial charge in [0.25, 0.3) is 5.91 Å². The number of aromatic hydroxyl groups is 1. The topological polar surface area (TPSA) is 49.3 Å². The molecule has 18 heavy (non-hydrogen) atoms. The van der Waals surface area contributed by atoms with Crippen molar-refractivity contribution in [1.29, 1.82) is 0 Å². The van der Waals surface area contributed by atoms with E-state index in [4.69, 9.17) is 11.6 Å². The Kier molecular flexibility index (Phi) is 4.48. The predicted molar refractivity (Wildman–Crippen MR) is 72.0 cm³/mol. The minimum atomic E-state index is -0.227. The first-order valence-corrected chi connectivity index (χ1v) is 6.81. The molecule has 2 rings (SSSR count). The van der Waals surface area contributed by atoms with E-state index in [-0.39, 0.29) is 17.2 Å². The molecule has 0 atom stereocenters. The lowest BCUT2D eigenvalue weighted by molar-refractivity contribution is 0.0941. The monoisotopic (exact) mass is 267 g/mol. The second kappa shape index (κ2) is 6.10. The van der Waals surface area contributed by atoms with Crippen LogP contribution in [0.2, 0.25) is 5.02 Å². The summed E-state index contributed by atoms with van der Waals surface area (Å²) < 4.78 is 0. The van der Waals surface area contributed by atoms with Gasteiger partial charge in [-0.1, -0.05) is 30.9 Å². The van der Waals surface area contributed by atoms with Crippen molar-refractivity contribution >= 4 is 17.5 Å². The van der Waals surface area contributed by atoms with Crippen molar-refractivity contribution in [2.24, 2.45) is 5.92 Å². The third-order valence-electron chi connectivity index (χ3n) is 3.48. The first-order valence-electron chi connectivity index (χ1n) is 6.43. The van der Waals surface area contributed by atoms with E-state index in [2.05, 4.69) is 5.32 Å². The van der Waals surface area contributed by atoms with Crippen molar-refractivity contribution < 1.29 is 9.90 Å². The van der Waals surface area contributed by atoms with E-state index >= 15 is 0 Å². The van der Waals surface area contributed by atoms with Crippen molar-refractivity contribution in [1.82, 2.24) is 5.32 Å². The summed E-state index contributed by atoms with van der Waals surface area (Å²) in [6, 6.07) is 4.54. The van der Waals surface area contributed by atoms with E-state index in [0.717, 1.165) is 0 Å². The molecule has 1 amide bonds. The Morgan fingerprint density at radius 1 is 1.33 bits per heavy atom. The van der Waals surface area contributed by atoms with Crippen LogP contribution in [0.15, 0.2) is 18.2 Å². The molecule has 1 aliphatic rings. The summed E-state index contributed by atoms with van der Waals surface area (Å²) in [5, 5.41) is 13.0. The number of hydrogen-bond donors (Lipinski definition) is 2. The molecule has 1 saturated carbocycles. The number of hydrogen-bond acceptors (Lipinski definition) is 2. The Hall–Kier alpha value is -1.22. The lowest BCUT2D eigenvalue weighted by Gasteiger charge is -2.21. The van der Waals surface area contributed by atoms with Gasteiger partial charge in [-0.25, -0.2) is 0 Å². The number of rotatable bonds is 3. The van der Waals surface area contributed by atoms with Crippen LogP contribution >= 0.6 is 11.6 Å². The van der Waals surface area contributed by atoms with Crippen LogP contribution in [-0.2, 0) is 0 Å². The van der Waals surface area contributed by atoms with Crippen molar-refractivity contribution in [3.05, 3.63) is 28.8 Å². The molecular weight excluding hydrogens is 250 g/mol. The molecule has 98 valence electrons. The van der Waals surface area contributed by atoms with Crippen LogP contribution in [0.1, 0.15) is 42.5 Å². The Balaban J connectivity index is 1.90. The van der Waals surface area contributed by atoms with E-state index in [1.54, 1.807) is 12.1 Å². The minimum absolute atomic E-state index is 0.0661. The molecule has 0 aromatic heterocycles. The van der Waals surface area contributed by atoms with Crippen molar-refractivity contribution in [2.75, 3.05) is 6.54 Å². The van der Waals surface area contributed by atoms with Gasteiger partial charge >= 0.3 is 0 Å². The standard InChI is InChI=1S/C14H18ClNO2/c15-11-6-7-12(13(17)8-11)14(18)16-9-10-4-2-1-3-5-10/h6-8,10,17H,1-5,9H2,(H,16,18). The zero-order valence-electron chi connectivity index (χ0n) is 10.3. The number of phenolic OH excluding ortho intramolecular Hbond substituents is 1. The van der Waals surface area contributed by atoms with E-state index in [0.29, 0.717) is 17.5 Å². The minimum Gasteiger partial charge on any atom is -0.507 e. The highest BCUT2D eigenvalue weighted by molar-refractivity contribution is 6.30. The highest BCUT2D eigenvalue weighted by Crippen LogP contribution is 2.24. The van der Waals surface area contributed by atoms with Gasteiger partial charge in [0.15, 0.2) is 0 Å². The van der Waals surface area contributed by atoms with Crippen LogP contribution in [0.3, 0.4) is 0 Å². The predicted octanol–water partition coefficient (Wildman–Crippen LogP) is 3.36. The van der Waals surface area contributed by atoms with Gasteiger partial charge in [-0.2, -0.15) is 0 Å². The molecule has 1 aromatic rings. The summed E-state index contributed by atoms with van der Waals surface area (Å²) in [5.74, 6) is 0.288. The number of phenols is 1. The van der Waals surface area contributed by atoms with Gasteiger partial charge in [-0.15, -0.1) is 0 Å². The third kappa shape index (κ3) is 3.39. The highest BCUT2D eigenvalue weighted by atomic mass is 35.5. The fraction of sp³-hybridized carbons (Fsp3) is 0.500. The number of benzene rings is 1. The van der Waals surface area contributed by atoms with Gasteiger partial charge in [0.05, 0.1) is 5.56 Å².